The van der Waals surface area contributed by atoms with Gasteiger partial charge in [0.1, 0.15) is 6.04 Å². The number of hydrogen-bond donors (Lipinski definition) is 2. The Labute approximate surface area is 54.1 Å². The standard InChI is InChI=1S/C6H9NO2/c1-3-4-7-5(2)6(8)9/h1,5,7H,4H2,2H3,(H,8,9)/t5-/m0/s1. The van der Waals surface area contributed by atoms with Gasteiger partial charge in [-0.05, 0) is 6.92 Å². The molecule has 0 heterocycles. The van der Waals surface area contributed by atoms with E-state index in [9.17, 15) is 4.79 Å². The first kappa shape index (κ1) is 7.99. The molecule has 2 N–H and O–H groups in total. The molecule has 3 heteroatoms. The van der Waals surface area contributed by atoms with E-state index in [1.807, 2.05) is 0 Å². The van der Waals surface area contributed by atoms with Crippen molar-refractivity contribution in [1.82, 2.24) is 5.32 Å². The van der Waals surface area contributed by atoms with Crippen molar-refractivity contribution in [3.8, 4) is 12.3 Å². The fourth-order valence-electron chi connectivity index (χ4n) is 0.299. The van der Waals surface area contributed by atoms with Crippen molar-refractivity contribution in [3.05, 3.63) is 0 Å². The van der Waals surface area contributed by atoms with E-state index in [2.05, 4.69) is 11.2 Å². The number of hydrogen-bond acceptors (Lipinski definition) is 2. The number of terminal acetylenes is 1. The van der Waals surface area contributed by atoms with Crippen LogP contribution in [0.2, 0.25) is 0 Å². The van der Waals surface area contributed by atoms with Gasteiger partial charge in [0.15, 0.2) is 0 Å². The third kappa shape index (κ3) is 3.56. The molecule has 0 aliphatic rings. The van der Waals surface area contributed by atoms with Gasteiger partial charge in [0, 0.05) is 0 Å². The average Bonchev–Trinajstić information content (AvgIpc) is 1.82. The van der Waals surface area contributed by atoms with Crippen LogP contribution in [0.25, 0.3) is 0 Å². The van der Waals surface area contributed by atoms with Crippen LogP contribution in [0, 0.1) is 12.3 Å². The second kappa shape index (κ2) is 3.93. The van der Waals surface area contributed by atoms with Gasteiger partial charge in [0.2, 0.25) is 0 Å². The van der Waals surface area contributed by atoms with E-state index in [1.165, 1.54) is 0 Å². The molecule has 0 saturated carbocycles. The Hall–Kier alpha value is -1.01. The molecule has 9 heavy (non-hydrogen) atoms. The zero-order valence-electron chi connectivity index (χ0n) is 5.22. The molecular weight excluding hydrogens is 118 g/mol. The normalized spacial score (nSPS) is 12.0. The second-order valence-corrected chi connectivity index (χ2v) is 1.64. The Morgan fingerprint density at radius 3 is 2.89 bits per heavy atom. The Bertz CT molecular complexity index is 136. The number of nitrogens with one attached hydrogen (secondary N) is 1. The van der Waals surface area contributed by atoms with Crippen LogP contribution in [0.15, 0.2) is 0 Å². The van der Waals surface area contributed by atoms with Crippen LogP contribution >= 0.6 is 0 Å². The van der Waals surface area contributed by atoms with Crippen molar-refractivity contribution < 1.29 is 9.90 Å². The number of carboxylic acids is 1. The summed E-state index contributed by atoms with van der Waals surface area (Å²) < 4.78 is 0. The number of carboxylic acid groups (broad SMARTS) is 1. The lowest BCUT2D eigenvalue weighted by Gasteiger charge is -2.03. The zero-order valence-corrected chi connectivity index (χ0v) is 5.22. The van der Waals surface area contributed by atoms with E-state index in [4.69, 9.17) is 11.5 Å². The number of aliphatic carboxylic acids is 1. The Morgan fingerprint density at radius 1 is 2.00 bits per heavy atom. The smallest absolute Gasteiger partial charge is 0.320 e. The minimum atomic E-state index is -0.884. The highest BCUT2D eigenvalue weighted by Crippen LogP contribution is 1.77. The number of rotatable bonds is 3. The van der Waals surface area contributed by atoms with Gasteiger partial charge in [0.25, 0.3) is 0 Å². The first-order valence-corrected chi connectivity index (χ1v) is 2.58. The zero-order chi connectivity index (χ0) is 7.28. The molecule has 1 atom stereocenters. The van der Waals surface area contributed by atoms with Gasteiger partial charge in [-0.15, -0.1) is 6.42 Å². The van der Waals surface area contributed by atoms with Crippen molar-refractivity contribution in [2.24, 2.45) is 0 Å². The first-order valence-electron chi connectivity index (χ1n) is 2.58. The van der Waals surface area contributed by atoms with E-state index in [1.54, 1.807) is 6.92 Å². The van der Waals surface area contributed by atoms with E-state index >= 15 is 0 Å². The third-order valence-electron chi connectivity index (χ3n) is 0.881. The molecule has 0 fully saturated rings. The highest BCUT2D eigenvalue weighted by atomic mass is 16.4. The maximum Gasteiger partial charge on any atom is 0.320 e. The lowest BCUT2D eigenvalue weighted by Crippen LogP contribution is -2.33. The van der Waals surface area contributed by atoms with Crippen LogP contribution in [0.1, 0.15) is 6.92 Å². The molecule has 0 bridgehead atoms. The van der Waals surface area contributed by atoms with Gasteiger partial charge in [-0.3, -0.25) is 10.1 Å². The minimum Gasteiger partial charge on any atom is -0.480 e. The summed E-state index contributed by atoms with van der Waals surface area (Å²) in [5.41, 5.74) is 0. The van der Waals surface area contributed by atoms with Gasteiger partial charge in [0.05, 0.1) is 6.54 Å². The summed E-state index contributed by atoms with van der Waals surface area (Å²) >= 11 is 0. The molecule has 0 unspecified atom stereocenters. The molecule has 0 aromatic rings. The van der Waals surface area contributed by atoms with E-state index < -0.39 is 12.0 Å². The number of carbonyl (C=O) groups is 1. The third-order valence-corrected chi connectivity index (χ3v) is 0.881. The van der Waals surface area contributed by atoms with Crippen molar-refractivity contribution in [1.29, 1.82) is 0 Å². The molecule has 0 spiro atoms. The van der Waals surface area contributed by atoms with Gasteiger partial charge in [-0.2, -0.15) is 0 Å². The Kier molecular flexibility index (Phi) is 3.49. The molecule has 0 radical (unpaired) electrons. The Morgan fingerprint density at radius 2 is 2.56 bits per heavy atom. The molecule has 0 aromatic carbocycles. The molecule has 0 saturated heterocycles. The SMILES string of the molecule is C#CCN[C@@H](C)C(=O)O. The second-order valence-electron chi connectivity index (χ2n) is 1.64. The maximum absolute atomic E-state index is 10.1. The monoisotopic (exact) mass is 127 g/mol. The quantitative estimate of drug-likeness (QED) is 0.511. The van der Waals surface area contributed by atoms with Gasteiger partial charge >= 0.3 is 5.97 Å². The van der Waals surface area contributed by atoms with Gasteiger partial charge in [-0.25, -0.2) is 0 Å². The summed E-state index contributed by atoms with van der Waals surface area (Å²) in [5.74, 6) is 1.40. The predicted molar refractivity (Wildman–Crippen MR) is 33.9 cm³/mol. The van der Waals surface area contributed by atoms with Crippen molar-refractivity contribution in [2.75, 3.05) is 6.54 Å². The van der Waals surface area contributed by atoms with Crippen molar-refractivity contribution in [2.45, 2.75) is 13.0 Å². The Balaban J connectivity index is 3.41. The fourth-order valence-corrected chi connectivity index (χ4v) is 0.299. The topological polar surface area (TPSA) is 49.3 Å². The van der Waals surface area contributed by atoms with Crippen LogP contribution in [0.3, 0.4) is 0 Å². The summed E-state index contributed by atoms with van der Waals surface area (Å²) in [6, 6.07) is -0.555. The fraction of sp³-hybridized carbons (Fsp3) is 0.500. The molecule has 0 aliphatic heterocycles. The minimum absolute atomic E-state index is 0.299. The molecule has 0 aromatic heterocycles. The highest BCUT2D eigenvalue weighted by Gasteiger charge is 2.06. The largest absolute Gasteiger partial charge is 0.480 e. The summed E-state index contributed by atoms with van der Waals surface area (Å²) in [7, 11) is 0. The van der Waals surface area contributed by atoms with Gasteiger partial charge < -0.3 is 5.11 Å². The van der Waals surface area contributed by atoms with Crippen LogP contribution < -0.4 is 5.32 Å². The average molecular weight is 127 g/mol. The van der Waals surface area contributed by atoms with Crippen LogP contribution in [-0.4, -0.2) is 23.7 Å². The molecule has 0 aliphatic carbocycles. The molecule has 0 amide bonds. The van der Waals surface area contributed by atoms with Crippen LogP contribution in [0.4, 0.5) is 0 Å². The van der Waals surface area contributed by atoms with E-state index in [-0.39, 0.29) is 0 Å². The lowest BCUT2D eigenvalue weighted by molar-refractivity contribution is -0.138. The molecule has 3 nitrogen and oxygen atoms in total. The van der Waals surface area contributed by atoms with E-state index in [0.717, 1.165) is 0 Å². The molecular formula is C6H9NO2. The van der Waals surface area contributed by atoms with Gasteiger partial charge in [-0.1, -0.05) is 5.92 Å². The maximum atomic E-state index is 10.1. The first-order chi connectivity index (χ1) is 4.18. The van der Waals surface area contributed by atoms with Crippen molar-refractivity contribution >= 4 is 5.97 Å². The summed E-state index contributed by atoms with van der Waals surface area (Å²) in [6.45, 7) is 1.84. The predicted octanol–water partition coefficient (Wildman–Crippen LogP) is -0.318. The molecule has 50 valence electrons. The lowest BCUT2D eigenvalue weighted by atomic mass is 10.3. The van der Waals surface area contributed by atoms with E-state index in [0.29, 0.717) is 6.54 Å². The van der Waals surface area contributed by atoms with Crippen LogP contribution in [-0.2, 0) is 4.79 Å². The summed E-state index contributed by atoms with van der Waals surface area (Å²) in [6.07, 6.45) is 4.87. The van der Waals surface area contributed by atoms with Crippen molar-refractivity contribution in [3.63, 3.8) is 0 Å². The summed E-state index contributed by atoms with van der Waals surface area (Å²) in [5, 5.41) is 10.9. The highest BCUT2D eigenvalue weighted by molar-refractivity contribution is 5.72. The summed E-state index contributed by atoms with van der Waals surface area (Å²) in [4.78, 5) is 10.1. The van der Waals surface area contributed by atoms with Crippen LogP contribution in [0.5, 0.6) is 0 Å². The molecule has 0 rings (SSSR count).